The second kappa shape index (κ2) is 11.4. The van der Waals surface area contributed by atoms with Crippen LogP contribution >= 0.6 is 0 Å². The monoisotopic (exact) mass is 382 g/mol. The Kier molecular flexibility index (Phi) is 9.22. The molecule has 0 N–H and O–H groups in total. The molecule has 7 heteroatoms. The molecule has 2 aliphatic carbocycles. The van der Waals surface area contributed by atoms with Gasteiger partial charge in [-0.15, -0.1) is 0 Å². The lowest BCUT2D eigenvalue weighted by Gasteiger charge is -2.32. The van der Waals surface area contributed by atoms with E-state index in [4.69, 9.17) is 0 Å². The Morgan fingerprint density at radius 3 is 1.77 bits per heavy atom. The van der Waals surface area contributed by atoms with E-state index in [1.165, 1.54) is 62.8 Å². The highest BCUT2D eigenvalue weighted by molar-refractivity contribution is 7.74. The van der Waals surface area contributed by atoms with Crippen LogP contribution in [-0.2, 0) is 22.2 Å². The minimum absolute atomic E-state index is 0.0444. The van der Waals surface area contributed by atoms with Gasteiger partial charge < -0.3 is 4.55 Å². The van der Waals surface area contributed by atoms with Gasteiger partial charge in [-0.3, -0.25) is 14.3 Å². The summed E-state index contributed by atoms with van der Waals surface area (Å²) in [7, 11) is 0. The van der Waals surface area contributed by atoms with Crippen LogP contribution in [-0.4, -0.2) is 13.7 Å². The molecule has 2 aliphatic rings. The molecule has 0 aromatic heterocycles. The number of nitro benzene ring substituents is 1. The fourth-order valence-corrected chi connectivity index (χ4v) is 4.27. The molecule has 3 rings (SSSR count). The zero-order chi connectivity index (χ0) is 18.8. The van der Waals surface area contributed by atoms with Gasteiger partial charge in [0.2, 0.25) is 0 Å². The summed E-state index contributed by atoms with van der Waals surface area (Å²) in [6.07, 6.45) is 15.4. The number of hydrogen-bond acceptors (Lipinski definition) is 5. The van der Waals surface area contributed by atoms with Crippen LogP contribution in [0.15, 0.2) is 24.3 Å². The molecule has 2 fully saturated rings. The average molecular weight is 383 g/mol. The molecule has 0 saturated heterocycles. The molecule has 0 bridgehead atoms. The van der Waals surface area contributed by atoms with Gasteiger partial charge in [-0.1, -0.05) is 64.2 Å². The van der Waals surface area contributed by atoms with E-state index in [1.54, 1.807) is 25.7 Å². The summed E-state index contributed by atoms with van der Waals surface area (Å²) >= 11 is -2.56. The minimum atomic E-state index is -2.56. The number of non-ortho nitro benzene ring substituents is 1. The van der Waals surface area contributed by atoms with Crippen molar-refractivity contribution in [1.29, 1.82) is 0 Å². The first-order valence-electron chi connectivity index (χ1n) is 9.52. The number of benzene rings is 1. The first-order valence-corrected chi connectivity index (χ1v) is 10.5. The highest BCUT2D eigenvalue weighted by atomic mass is 32.2. The van der Waals surface area contributed by atoms with Crippen molar-refractivity contribution >= 4 is 17.0 Å². The Labute approximate surface area is 158 Å². The van der Waals surface area contributed by atoms with Gasteiger partial charge in [0.05, 0.1) is 22.9 Å². The second-order valence-corrected chi connectivity index (χ2v) is 7.83. The van der Waals surface area contributed by atoms with E-state index in [2.05, 4.69) is 4.18 Å². The molecular formula is C19H28NO5S-. The first kappa shape index (κ1) is 21.0. The molecule has 6 nitrogen and oxygen atoms in total. The van der Waals surface area contributed by atoms with E-state index in [-0.39, 0.29) is 12.3 Å². The van der Waals surface area contributed by atoms with Crippen molar-refractivity contribution in [3.05, 3.63) is 39.9 Å². The predicted molar refractivity (Wildman–Crippen MR) is 100.0 cm³/mol. The van der Waals surface area contributed by atoms with E-state index in [0.717, 1.165) is 11.8 Å². The van der Waals surface area contributed by atoms with Crippen LogP contribution in [0.1, 0.15) is 69.8 Å². The van der Waals surface area contributed by atoms with E-state index in [9.17, 15) is 18.9 Å². The Bertz CT molecular complexity index is 550. The molecule has 1 atom stereocenters. The van der Waals surface area contributed by atoms with Crippen molar-refractivity contribution < 1.29 is 17.9 Å². The standard InChI is InChI=1S/C12H22.C7H7NO5S/c1-3-7-11(8-4-1)12-9-5-2-6-10-12;9-8(10)7-3-1-6(2-4-7)5-13-14(11)12/h11-12H,1-10H2;1-4H,5H2,(H,11,12)/p-1. The average Bonchev–Trinajstić information content (AvgIpc) is 2.68. The normalized spacial score (nSPS) is 20.0. The van der Waals surface area contributed by atoms with Gasteiger partial charge in [-0.25, -0.2) is 4.21 Å². The number of nitro groups is 1. The molecule has 0 amide bonds. The summed E-state index contributed by atoms with van der Waals surface area (Å²) in [5.74, 6) is 2.28. The molecule has 1 aromatic carbocycles. The molecule has 0 radical (unpaired) electrons. The SMILES string of the molecule is C1CCC(C2CCCCC2)CC1.O=[N+]([O-])c1ccc(COS(=O)[O-])cc1. The largest absolute Gasteiger partial charge is 0.750 e. The zero-order valence-electron chi connectivity index (χ0n) is 15.1. The summed E-state index contributed by atoms with van der Waals surface area (Å²) in [6.45, 7) is -0.117. The number of nitrogens with zero attached hydrogens (tertiary/aromatic N) is 1. The van der Waals surface area contributed by atoms with Crippen molar-refractivity contribution in [2.75, 3.05) is 0 Å². The summed E-state index contributed by atoms with van der Waals surface area (Å²) in [5.41, 5.74) is 0.511. The van der Waals surface area contributed by atoms with E-state index >= 15 is 0 Å². The predicted octanol–water partition coefficient (Wildman–Crippen LogP) is 5.05. The van der Waals surface area contributed by atoms with Gasteiger partial charge in [0.1, 0.15) is 0 Å². The van der Waals surface area contributed by atoms with Gasteiger partial charge in [-0.05, 0) is 29.5 Å². The summed E-state index contributed by atoms with van der Waals surface area (Å²) in [5, 5.41) is 10.3. The molecule has 2 saturated carbocycles. The Morgan fingerprint density at radius 2 is 1.38 bits per heavy atom. The number of hydrogen-bond donors (Lipinski definition) is 0. The van der Waals surface area contributed by atoms with Crippen LogP contribution in [0.25, 0.3) is 0 Å². The first-order chi connectivity index (χ1) is 12.6. The van der Waals surface area contributed by atoms with Gasteiger partial charge in [0, 0.05) is 12.1 Å². The molecule has 1 unspecified atom stereocenters. The quantitative estimate of drug-likeness (QED) is 0.403. The van der Waals surface area contributed by atoms with Crippen LogP contribution in [0, 0.1) is 22.0 Å². The van der Waals surface area contributed by atoms with E-state index < -0.39 is 16.3 Å². The van der Waals surface area contributed by atoms with Crippen molar-refractivity contribution in [3.63, 3.8) is 0 Å². The smallest absolute Gasteiger partial charge is 0.269 e. The lowest BCUT2D eigenvalue weighted by molar-refractivity contribution is -0.384. The molecule has 0 aliphatic heterocycles. The van der Waals surface area contributed by atoms with Crippen molar-refractivity contribution in [2.24, 2.45) is 11.8 Å². The van der Waals surface area contributed by atoms with Crippen LogP contribution in [0.3, 0.4) is 0 Å². The molecule has 0 spiro atoms. The Hall–Kier alpha value is -1.31. The fourth-order valence-electron chi connectivity index (χ4n) is 4.04. The molecule has 146 valence electrons. The van der Waals surface area contributed by atoms with Gasteiger partial charge in [0.25, 0.3) is 5.69 Å². The lowest BCUT2D eigenvalue weighted by Crippen LogP contribution is -2.20. The van der Waals surface area contributed by atoms with Crippen molar-refractivity contribution in [2.45, 2.75) is 70.8 Å². The molecule has 1 aromatic rings. The van der Waals surface area contributed by atoms with Crippen LogP contribution < -0.4 is 0 Å². The summed E-state index contributed by atoms with van der Waals surface area (Å²) < 4.78 is 24.3. The summed E-state index contributed by atoms with van der Waals surface area (Å²) in [6, 6.07) is 5.44. The van der Waals surface area contributed by atoms with Crippen molar-refractivity contribution in [1.82, 2.24) is 0 Å². The van der Waals surface area contributed by atoms with Gasteiger partial charge in [-0.2, -0.15) is 0 Å². The third-order valence-electron chi connectivity index (χ3n) is 5.44. The van der Waals surface area contributed by atoms with Crippen LogP contribution in [0.4, 0.5) is 5.69 Å². The maximum atomic E-state index is 10.3. The lowest BCUT2D eigenvalue weighted by atomic mass is 9.73. The third-order valence-corrected chi connectivity index (χ3v) is 5.75. The zero-order valence-corrected chi connectivity index (χ0v) is 16.0. The Balaban J connectivity index is 0.000000189. The second-order valence-electron chi connectivity index (χ2n) is 7.19. The van der Waals surface area contributed by atoms with Gasteiger partial charge in [0.15, 0.2) is 0 Å². The Morgan fingerprint density at radius 1 is 0.923 bits per heavy atom. The maximum absolute atomic E-state index is 10.3. The molecule has 0 heterocycles. The summed E-state index contributed by atoms with van der Waals surface area (Å²) in [4.78, 5) is 9.72. The highest BCUT2D eigenvalue weighted by Gasteiger charge is 2.24. The maximum Gasteiger partial charge on any atom is 0.269 e. The minimum Gasteiger partial charge on any atom is -0.750 e. The van der Waals surface area contributed by atoms with E-state index in [0.29, 0.717) is 5.56 Å². The fraction of sp³-hybridized carbons (Fsp3) is 0.684. The van der Waals surface area contributed by atoms with Crippen LogP contribution in [0.5, 0.6) is 0 Å². The molecule has 26 heavy (non-hydrogen) atoms. The van der Waals surface area contributed by atoms with Crippen LogP contribution in [0.2, 0.25) is 0 Å². The topological polar surface area (TPSA) is 92.5 Å². The van der Waals surface area contributed by atoms with E-state index in [1.807, 2.05) is 0 Å². The van der Waals surface area contributed by atoms with Gasteiger partial charge >= 0.3 is 0 Å². The highest BCUT2D eigenvalue weighted by Crippen LogP contribution is 2.37. The number of rotatable bonds is 5. The molecular weight excluding hydrogens is 354 g/mol. The van der Waals surface area contributed by atoms with Crippen molar-refractivity contribution in [3.8, 4) is 0 Å². The third kappa shape index (κ3) is 7.51.